The second kappa shape index (κ2) is 5.61. The van der Waals surface area contributed by atoms with Gasteiger partial charge in [-0.15, -0.1) is 22.0 Å². The molecular weight excluding hydrogens is 274 g/mol. The average molecular weight is 291 g/mol. The van der Waals surface area contributed by atoms with Gasteiger partial charge in [0.05, 0.1) is 0 Å². The van der Waals surface area contributed by atoms with Crippen LogP contribution in [0.25, 0.3) is 0 Å². The van der Waals surface area contributed by atoms with Crippen LogP contribution in [-0.4, -0.2) is 22.0 Å². The van der Waals surface area contributed by atoms with Crippen LogP contribution in [0, 0.1) is 0 Å². The molecule has 1 aromatic carbocycles. The molecule has 5 heteroatoms. The molecule has 0 saturated heterocycles. The Morgan fingerprint density at radius 2 is 2.16 bits per heavy atom. The number of hydrogen-bond donors (Lipinski definition) is 1. The minimum absolute atomic E-state index is 0.423. The topological polar surface area (TPSA) is 37.8 Å². The van der Waals surface area contributed by atoms with Crippen molar-refractivity contribution >= 4 is 23.1 Å². The van der Waals surface area contributed by atoms with E-state index in [1.54, 1.807) is 11.3 Å². The van der Waals surface area contributed by atoms with E-state index in [9.17, 15) is 0 Å². The third-order valence-corrected chi connectivity index (χ3v) is 5.36. The van der Waals surface area contributed by atoms with Crippen molar-refractivity contribution in [2.45, 2.75) is 37.2 Å². The highest BCUT2D eigenvalue weighted by Crippen LogP contribution is 2.43. The minimum Gasteiger partial charge on any atom is -0.308 e. The Hall–Kier alpha value is -0.910. The summed E-state index contributed by atoms with van der Waals surface area (Å²) < 4.78 is 0. The molecule has 0 spiro atoms. The predicted octanol–water partition coefficient (Wildman–Crippen LogP) is 3.27. The summed E-state index contributed by atoms with van der Waals surface area (Å²) in [5, 5.41) is 14.3. The third-order valence-electron chi connectivity index (χ3n) is 3.14. The van der Waals surface area contributed by atoms with Gasteiger partial charge in [-0.05, 0) is 11.6 Å². The van der Waals surface area contributed by atoms with Crippen molar-refractivity contribution in [3.63, 3.8) is 0 Å². The second-order valence-corrected chi connectivity index (χ2v) is 7.13. The van der Waals surface area contributed by atoms with E-state index >= 15 is 0 Å². The van der Waals surface area contributed by atoms with Crippen molar-refractivity contribution in [2.24, 2.45) is 0 Å². The lowest BCUT2D eigenvalue weighted by atomic mass is 10.0. The van der Waals surface area contributed by atoms with Crippen LogP contribution in [0.1, 0.15) is 35.3 Å². The van der Waals surface area contributed by atoms with Crippen molar-refractivity contribution in [1.29, 1.82) is 0 Å². The van der Waals surface area contributed by atoms with E-state index in [0.29, 0.717) is 12.0 Å². The number of thioether (sulfide) groups is 1. The van der Waals surface area contributed by atoms with Crippen molar-refractivity contribution in [3.05, 3.63) is 39.8 Å². The van der Waals surface area contributed by atoms with Gasteiger partial charge in [0, 0.05) is 29.2 Å². The lowest BCUT2D eigenvalue weighted by Crippen LogP contribution is -2.21. The van der Waals surface area contributed by atoms with Crippen LogP contribution in [-0.2, 0) is 6.54 Å². The largest absolute Gasteiger partial charge is 0.308 e. The summed E-state index contributed by atoms with van der Waals surface area (Å²) in [6.45, 7) is 5.11. The van der Waals surface area contributed by atoms with Gasteiger partial charge in [-0.1, -0.05) is 43.4 Å². The molecule has 1 aliphatic rings. The lowest BCUT2D eigenvalue weighted by Gasteiger charge is -2.05. The molecule has 2 heterocycles. The van der Waals surface area contributed by atoms with Crippen LogP contribution in [0.5, 0.6) is 0 Å². The minimum atomic E-state index is 0.423. The van der Waals surface area contributed by atoms with E-state index in [1.165, 1.54) is 10.5 Å². The molecule has 1 aliphatic heterocycles. The number of aromatic nitrogens is 2. The Morgan fingerprint density at radius 1 is 1.32 bits per heavy atom. The third kappa shape index (κ3) is 2.83. The molecule has 0 amide bonds. The number of rotatable bonds is 4. The van der Waals surface area contributed by atoms with E-state index in [0.717, 1.165) is 22.3 Å². The molecule has 1 aromatic heterocycles. The molecule has 19 heavy (non-hydrogen) atoms. The highest BCUT2D eigenvalue weighted by atomic mass is 32.2. The number of hydrogen-bond acceptors (Lipinski definition) is 5. The van der Waals surface area contributed by atoms with Crippen molar-refractivity contribution in [2.75, 3.05) is 5.75 Å². The Labute approximate surface area is 121 Å². The van der Waals surface area contributed by atoms with Crippen LogP contribution in [0.3, 0.4) is 0 Å². The van der Waals surface area contributed by atoms with Gasteiger partial charge in [-0.2, -0.15) is 0 Å². The first-order chi connectivity index (χ1) is 9.24. The lowest BCUT2D eigenvalue weighted by molar-refractivity contribution is 0.584. The first-order valence-electron chi connectivity index (χ1n) is 6.51. The van der Waals surface area contributed by atoms with E-state index in [4.69, 9.17) is 0 Å². The molecule has 100 valence electrons. The van der Waals surface area contributed by atoms with Gasteiger partial charge < -0.3 is 5.32 Å². The number of nitrogens with zero attached hydrogens (tertiary/aromatic N) is 2. The molecule has 0 radical (unpaired) electrons. The van der Waals surface area contributed by atoms with Crippen LogP contribution in [0.15, 0.2) is 29.2 Å². The van der Waals surface area contributed by atoms with E-state index in [-0.39, 0.29) is 0 Å². The molecule has 2 aromatic rings. The maximum absolute atomic E-state index is 4.39. The summed E-state index contributed by atoms with van der Waals surface area (Å²) in [5.41, 5.74) is 1.41. The molecule has 3 rings (SSSR count). The van der Waals surface area contributed by atoms with Crippen LogP contribution < -0.4 is 5.32 Å². The molecule has 1 N–H and O–H groups in total. The summed E-state index contributed by atoms with van der Waals surface area (Å²) in [6.07, 6.45) is 0. The van der Waals surface area contributed by atoms with Gasteiger partial charge in [-0.25, -0.2) is 0 Å². The number of nitrogens with one attached hydrogen (secondary N) is 1. The standard InChI is InChI=1S/C14H17N3S2/c1-9(2)15-7-13-16-17-14(19-13)11-8-18-12-6-4-3-5-10(11)12/h3-6,9,11,15H,7-8H2,1-2H3. The Balaban J connectivity index is 1.77. The van der Waals surface area contributed by atoms with Gasteiger partial charge in [0.1, 0.15) is 10.0 Å². The zero-order valence-electron chi connectivity index (χ0n) is 11.1. The number of fused-ring (bicyclic) bond motifs is 1. The van der Waals surface area contributed by atoms with Gasteiger partial charge >= 0.3 is 0 Å². The fraction of sp³-hybridized carbons (Fsp3) is 0.429. The summed E-state index contributed by atoms with van der Waals surface area (Å²) in [4.78, 5) is 1.39. The van der Waals surface area contributed by atoms with Gasteiger partial charge in [0.2, 0.25) is 0 Å². The van der Waals surface area contributed by atoms with Crippen LogP contribution >= 0.6 is 23.1 Å². The monoisotopic (exact) mass is 291 g/mol. The van der Waals surface area contributed by atoms with Gasteiger partial charge in [0.15, 0.2) is 0 Å². The number of benzene rings is 1. The highest BCUT2D eigenvalue weighted by molar-refractivity contribution is 7.99. The molecule has 0 saturated carbocycles. The van der Waals surface area contributed by atoms with Crippen molar-refractivity contribution in [3.8, 4) is 0 Å². The maximum Gasteiger partial charge on any atom is 0.131 e. The predicted molar refractivity (Wildman–Crippen MR) is 80.9 cm³/mol. The molecule has 1 atom stereocenters. The molecule has 1 unspecified atom stereocenters. The summed E-state index contributed by atoms with van der Waals surface area (Å²) in [5.74, 6) is 1.51. The summed E-state index contributed by atoms with van der Waals surface area (Å²) in [7, 11) is 0. The molecule has 0 bridgehead atoms. The average Bonchev–Trinajstić information content (AvgIpc) is 3.02. The van der Waals surface area contributed by atoms with E-state index in [1.807, 2.05) is 11.8 Å². The highest BCUT2D eigenvalue weighted by Gasteiger charge is 2.27. The Kier molecular flexibility index (Phi) is 3.86. The zero-order valence-corrected chi connectivity index (χ0v) is 12.7. The van der Waals surface area contributed by atoms with E-state index < -0.39 is 0 Å². The first-order valence-corrected chi connectivity index (χ1v) is 8.31. The first kappa shape index (κ1) is 13.1. The maximum atomic E-state index is 4.39. The molecule has 0 aliphatic carbocycles. The normalized spacial score (nSPS) is 17.9. The van der Waals surface area contributed by atoms with Crippen molar-refractivity contribution in [1.82, 2.24) is 15.5 Å². The van der Waals surface area contributed by atoms with Crippen LogP contribution in [0.2, 0.25) is 0 Å². The van der Waals surface area contributed by atoms with Gasteiger partial charge in [0.25, 0.3) is 0 Å². The quantitative estimate of drug-likeness (QED) is 0.938. The molecular formula is C14H17N3S2. The van der Waals surface area contributed by atoms with Crippen molar-refractivity contribution < 1.29 is 0 Å². The molecule has 3 nitrogen and oxygen atoms in total. The summed E-state index contributed by atoms with van der Waals surface area (Å²) in [6, 6.07) is 9.11. The van der Waals surface area contributed by atoms with Gasteiger partial charge in [-0.3, -0.25) is 0 Å². The van der Waals surface area contributed by atoms with E-state index in [2.05, 4.69) is 53.6 Å². The Morgan fingerprint density at radius 3 is 3.00 bits per heavy atom. The van der Waals surface area contributed by atoms with Crippen LogP contribution in [0.4, 0.5) is 0 Å². The zero-order chi connectivity index (χ0) is 13.2. The fourth-order valence-corrected chi connectivity index (χ4v) is 4.39. The molecule has 0 fully saturated rings. The fourth-order valence-electron chi connectivity index (χ4n) is 2.14. The smallest absolute Gasteiger partial charge is 0.131 e. The second-order valence-electron chi connectivity index (χ2n) is 4.97. The summed E-state index contributed by atoms with van der Waals surface area (Å²) >= 11 is 3.66. The Bertz CT molecular complexity index is 565. The SMILES string of the molecule is CC(C)NCc1nnc(C2CSc3ccccc32)s1.